The minimum Gasteiger partial charge on any atom is -0.376 e. The maximum absolute atomic E-state index is 5.68. The van der Waals surface area contributed by atoms with Crippen molar-refractivity contribution < 1.29 is 4.74 Å². The highest BCUT2D eigenvalue weighted by Crippen LogP contribution is 2.25. The van der Waals surface area contributed by atoms with Crippen LogP contribution in [0.1, 0.15) is 24.1 Å². The second kappa shape index (κ2) is 5.40. The first-order valence-corrected chi connectivity index (χ1v) is 7.16. The maximum Gasteiger partial charge on any atom is 0.130 e. The van der Waals surface area contributed by atoms with Gasteiger partial charge in [-0.3, -0.25) is 4.68 Å². The Labute approximate surface area is 111 Å². The molecule has 0 bridgehead atoms. The lowest BCUT2D eigenvalue weighted by Gasteiger charge is -2.23. The van der Waals surface area contributed by atoms with E-state index in [-0.39, 0.29) is 0 Å². The van der Waals surface area contributed by atoms with Crippen LogP contribution in [-0.4, -0.2) is 36.1 Å². The van der Waals surface area contributed by atoms with Gasteiger partial charge in [0.15, 0.2) is 0 Å². The quantitative estimate of drug-likeness (QED) is 0.799. The highest BCUT2D eigenvalue weighted by atomic mass is 79.9. The van der Waals surface area contributed by atoms with Crippen molar-refractivity contribution in [1.82, 2.24) is 9.78 Å². The second-order valence-corrected chi connectivity index (χ2v) is 5.22. The van der Waals surface area contributed by atoms with Crippen LogP contribution in [0.25, 0.3) is 0 Å². The Morgan fingerprint density at radius 3 is 2.94 bits per heavy atom. The molecule has 0 saturated carbocycles. The van der Waals surface area contributed by atoms with E-state index in [0.29, 0.717) is 6.10 Å². The van der Waals surface area contributed by atoms with Crippen molar-refractivity contribution in [2.45, 2.75) is 31.2 Å². The highest BCUT2D eigenvalue weighted by molar-refractivity contribution is 9.08. The fraction of sp³-hybridized carbons (Fsp3) is 0.750. The van der Waals surface area contributed by atoms with Crippen molar-refractivity contribution >= 4 is 21.7 Å². The summed E-state index contributed by atoms with van der Waals surface area (Å²) < 4.78 is 7.64. The monoisotopic (exact) mass is 301 g/mol. The van der Waals surface area contributed by atoms with E-state index in [1.807, 2.05) is 11.7 Å². The molecule has 5 heteroatoms. The Morgan fingerprint density at radius 1 is 1.59 bits per heavy atom. The lowest BCUT2D eigenvalue weighted by atomic mass is 10.2. The molecule has 1 fully saturated rings. The summed E-state index contributed by atoms with van der Waals surface area (Å²) in [7, 11) is 4.12. The lowest BCUT2D eigenvalue weighted by molar-refractivity contribution is 0.116. The van der Waals surface area contributed by atoms with Gasteiger partial charge in [0.25, 0.3) is 0 Å². The molecule has 1 aliphatic rings. The third-order valence-corrected chi connectivity index (χ3v) is 3.87. The zero-order valence-corrected chi connectivity index (χ0v) is 12.3. The predicted molar refractivity (Wildman–Crippen MR) is 72.8 cm³/mol. The van der Waals surface area contributed by atoms with Crippen molar-refractivity contribution in [3.8, 4) is 0 Å². The van der Waals surface area contributed by atoms with Crippen LogP contribution < -0.4 is 4.90 Å². The minimum absolute atomic E-state index is 0.374. The molecule has 1 aromatic heterocycles. The molecular formula is C12H20BrN3O. The molecule has 0 aliphatic carbocycles. The van der Waals surface area contributed by atoms with Gasteiger partial charge in [-0.25, -0.2) is 0 Å². The van der Waals surface area contributed by atoms with E-state index >= 15 is 0 Å². The Hall–Kier alpha value is -0.550. The van der Waals surface area contributed by atoms with E-state index in [2.05, 4.69) is 39.9 Å². The lowest BCUT2D eigenvalue weighted by Crippen LogP contribution is -2.30. The molecule has 0 radical (unpaired) electrons. The minimum atomic E-state index is 0.374. The van der Waals surface area contributed by atoms with Gasteiger partial charge in [-0.05, 0) is 19.8 Å². The van der Waals surface area contributed by atoms with Crippen LogP contribution in [0.5, 0.6) is 0 Å². The van der Waals surface area contributed by atoms with Gasteiger partial charge in [0.2, 0.25) is 0 Å². The Morgan fingerprint density at radius 2 is 2.35 bits per heavy atom. The van der Waals surface area contributed by atoms with Crippen LogP contribution in [-0.2, 0) is 17.1 Å². The van der Waals surface area contributed by atoms with E-state index < -0.39 is 0 Å². The number of halogens is 1. The Kier molecular flexibility index (Phi) is 4.09. The number of likely N-dealkylation sites (N-methyl/N-ethyl adjacent to an activating group) is 1. The molecule has 1 aromatic rings. The molecule has 1 unspecified atom stereocenters. The van der Waals surface area contributed by atoms with Gasteiger partial charge < -0.3 is 9.64 Å². The summed E-state index contributed by atoms with van der Waals surface area (Å²) in [6, 6.07) is 0. The number of anilines is 1. The van der Waals surface area contributed by atoms with Gasteiger partial charge in [0, 0.05) is 38.1 Å². The predicted octanol–water partition coefficient (Wildman–Crippen LogP) is 2.24. The number of rotatable bonds is 4. The largest absolute Gasteiger partial charge is 0.376 e. The van der Waals surface area contributed by atoms with E-state index in [9.17, 15) is 0 Å². The fourth-order valence-corrected chi connectivity index (χ4v) is 3.16. The molecule has 1 aliphatic heterocycles. The average molecular weight is 302 g/mol. The van der Waals surface area contributed by atoms with Gasteiger partial charge in [-0.1, -0.05) is 15.9 Å². The normalized spacial score (nSPS) is 19.9. The summed E-state index contributed by atoms with van der Waals surface area (Å²) in [6.45, 7) is 3.91. The van der Waals surface area contributed by atoms with E-state index in [4.69, 9.17) is 4.74 Å². The topological polar surface area (TPSA) is 30.3 Å². The zero-order valence-electron chi connectivity index (χ0n) is 10.7. The molecule has 2 heterocycles. The number of nitrogens with zero attached hydrogens (tertiary/aromatic N) is 3. The van der Waals surface area contributed by atoms with Crippen LogP contribution >= 0.6 is 15.9 Å². The molecule has 0 aromatic carbocycles. The van der Waals surface area contributed by atoms with Crippen LogP contribution in [0.15, 0.2) is 0 Å². The number of aromatic nitrogens is 2. The molecule has 4 nitrogen and oxygen atoms in total. The summed E-state index contributed by atoms with van der Waals surface area (Å²) in [4.78, 5) is 2.26. The number of hydrogen-bond acceptors (Lipinski definition) is 3. The van der Waals surface area contributed by atoms with Gasteiger partial charge in [0.1, 0.15) is 5.82 Å². The van der Waals surface area contributed by atoms with Crippen molar-refractivity contribution in [3.05, 3.63) is 11.3 Å². The fourth-order valence-electron chi connectivity index (χ4n) is 2.50. The summed E-state index contributed by atoms with van der Waals surface area (Å²) in [6.07, 6.45) is 2.73. The molecule has 17 heavy (non-hydrogen) atoms. The first-order valence-electron chi connectivity index (χ1n) is 6.04. The molecular weight excluding hydrogens is 282 g/mol. The summed E-state index contributed by atoms with van der Waals surface area (Å²) in [5, 5.41) is 5.33. The van der Waals surface area contributed by atoms with Gasteiger partial charge in [-0.2, -0.15) is 5.10 Å². The second-order valence-electron chi connectivity index (χ2n) is 4.66. The van der Waals surface area contributed by atoms with Crippen LogP contribution in [0.3, 0.4) is 0 Å². The molecule has 0 spiro atoms. The maximum atomic E-state index is 5.68. The Balaban J connectivity index is 2.14. The Bertz CT molecular complexity index is 385. The van der Waals surface area contributed by atoms with Crippen molar-refractivity contribution in [3.63, 3.8) is 0 Å². The van der Waals surface area contributed by atoms with E-state index in [1.165, 1.54) is 24.2 Å². The van der Waals surface area contributed by atoms with E-state index in [0.717, 1.165) is 24.2 Å². The zero-order chi connectivity index (χ0) is 12.4. The summed E-state index contributed by atoms with van der Waals surface area (Å²) in [5.41, 5.74) is 2.37. The summed E-state index contributed by atoms with van der Waals surface area (Å²) >= 11 is 3.54. The SMILES string of the molecule is Cc1nn(C)c(N(C)CC2CCCO2)c1CBr. The van der Waals surface area contributed by atoms with Crippen molar-refractivity contribution in [2.24, 2.45) is 7.05 Å². The molecule has 1 atom stereocenters. The average Bonchev–Trinajstić information content (AvgIpc) is 2.85. The first-order chi connectivity index (χ1) is 8.13. The standard InChI is InChI=1S/C12H20BrN3O/c1-9-11(7-13)12(16(3)14-9)15(2)8-10-5-4-6-17-10/h10H,4-8H2,1-3H3. The van der Waals surface area contributed by atoms with Gasteiger partial charge in [0.05, 0.1) is 11.8 Å². The van der Waals surface area contributed by atoms with E-state index in [1.54, 1.807) is 0 Å². The van der Waals surface area contributed by atoms with Crippen LogP contribution in [0.4, 0.5) is 5.82 Å². The van der Waals surface area contributed by atoms with Crippen molar-refractivity contribution in [2.75, 3.05) is 25.1 Å². The van der Waals surface area contributed by atoms with Gasteiger partial charge >= 0.3 is 0 Å². The highest BCUT2D eigenvalue weighted by Gasteiger charge is 2.21. The van der Waals surface area contributed by atoms with Crippen LogP contribution in [0.2, 0.25) is 0 Å². The number of hydrogen-bond donors (Lipinski definition) is 0. The summed E-state index contributed by atoms with van der Waals surface area (Å²) in [5.74, 6) is 1.19. The van der Waals surface area contributed by atoms with Gasteiger partial charge in [-0.15, -0.1) is 0 Å². The molecule has 1 saturated heterocycles. The number of aryl methyl sites for hydroxylation is 2. The van der Waals surface area contributed by atoms with Crippen molar-refractivity contribution in [1.29, 1.82) is 0 Å². The molecule has 0 amide bonds. The molecule has 0 N–H and O–H groups in total. The number of alkyl halides is 1. The molecule has 2 rings (SSSR count). The van der Waals surface area contributed by atoms with Crippen LogP contribution in [0, 0.1) is 6.92 Å². The smallest absolute Gasteiger partial charge is 0.130 e. The third kappa shape index (κ3) is 2.65. The first kappa shape index (κ1) is 12.9. The third-order valence-electron chi connectivity index (χ3n) is 3.31. The molecule has 96 valence electrons. The number of ether oxygens (including phenoxy) is 1.